The maximum atomic E-state index is 12.6. The number of aromatic amines is 1. The van der Waals surface area contributed by atoms with E-state index in [-0.39, 0.29) is 31.1 Å². The summed E-state index contributed by atoms with van der Waals surface area (Å²) < 4.78 is 11.8. The van der Waals surface area contributed by atoms with Gasteiger partial charge in [0.15, 0.2) is 5.78 Å². The van der Waals surface area contributed by atoms with E-state index in [1.54, 1.807) is 11.9 Å². The summed E-state index contributed by atoms with van der Waals surface area (Å²) in [6.07, 6.45) is 0. The Kier molecular flexibility index (Phi) is 7.74. The van der Waals surface area contributed by atoms with Crippen LogP contribution in [0, 0.1) is 13.8 Å². The number of hydrogen-bond donors (Lipinski definition) is 2. The molecule has 1 aromatic heterocycles. The summed E-state index contributed by atoms with van der Waals surface area (Å²) in [5.41, 5.74) is 6.48. The Hall–Kier alpha value is -2.91. The fourth-order valence-electron chi connectivity index (χ4n) is 3.00. The van der Waals surface area contributed by atoms with E-state index in [0.29, 0.717) is 13.2 Å². The maximum absolute atomic E-state index is 12.6. The van der Waals surface area contributed by atoms with Crippen molar-refractivity contribution in [1.29, 1.82) is 0 Å². The molecule has 0 aliphatic carbocycles. The summed E-state index contributed by atoms with van der Waals surface area (Å²) in [7, 11) is 3.22. The molecule has 0 radical (unpaired) electrons. The van der Waals surface area contributed by atoms with Gasteiger partial charge in [0, 0.05) is 13.7 Å². The molecule has 9 nitrogen and oxygen atoms in total. The van der Waals surface area contributed by atoms with E-state index in [2.05, 4.69) is 11.1 Å². The summed E-state index contributed by atoms with van der Waals surface area (Å²) >= 11 is 0. The third kappa shape index (κ3) is 6.03. The van der Waals surface area contributed by atoms with Crippen LogP contribution in [0.15, 0.2) is 27.8 Å². The highest BCUT2D eigenvalue weighted by molar-refractivity contribution is 6.01. The van der Waals surface area contributed by atoms with Crippen LogP contribution in [-0.4, -0.2) is 60.7 Å². The molecule has 3 N–H and O–H groups in total. The number of nitrogens with zero attached hydrogens (tertiary/aromatic N) is 2. The van der Waals surface area contributed by atoms with Crippen molar-refractivity contribution in [1.82, 2.24) is 14.5 Å². The number of carbonyl (C=O) groups is 1. The summed E-state index contributed by atoms with van der Waals surface area (Å²) in [6.45, 7) is 5.17. The van der Waals surface area contributed by atoms with Crippen LogP contribution < -0.4 is 21.7 Å². The van der Waals surface area contributed by atoms with Crippen molar-refractivity contribution in [2.75, 3.05) is 46.2 Å². The number of Topliss-reactive ketones (excluding diaryl/α,β-unsaturated/α-hetero) is 1. The third-order valence-electron chi connectivity index (χ3n) is 4.39. The first-order valence-corrected chi connectivity index (χ1v) is 9.27. The van der Waals surface area contributed by atoms with Crippen LogP contribution in [0.2, 0.25) is 0 Å². The van der Waals surface area contributed by atoms with Gasteiger partial charge in [0.1, 0.15) is 23.7 Å². The lowest BCUT2D eigenvalue weighted by Crippen LogP contribution is -2.39. The van der Waals surface area contributed by atoms with Crippen LogP contribution >= 0.6 is 0 Å². The lowest BCUT2D eigenvalue weighted by Gasteiger charge is -2.17. The lowest BCUT2D eigenvalue weighted by molar-refractivity contribution is 0.0936. The van der Waals surface area contributed by atoms with Crippen LogP contribution in [0.25, 0.3) is 0 Å². The van der Waals surface area contributed by atoms with Gasteiger partial charge in [-0.3, -0.25) is 24.0 Å². The highest BCUT2D eigenvalue weighted by Crippen LogP contribution is 2.16. The molecule has 29 heavy (non-hydrogen) atoms. The number of ether oxygens (including phenoxy) is 2. The first-order valence-electron chi connectivity index (χ1n) is 9.27. The van der Waals surface area contributed by atoms with E-state index in [1.807, 2.05) is 26.0 Å². The number of methoxy groups -OCH3 is 1. The zero-order valence-electron chi connectivity index (χ0n) is 17.3. The first kappa shape index (κ1) is 22.4. The molecular weight excluding hydrogens is 376 g/mol. The minimum Gasteiger partial charge on any atom is -0.492 e. The fourth-order valence-corrected chi connectivity index (χ4v) is 3.00. The molecule has 0 unspecified atom stereocenters. The van der Waals surface area contributed by atoms with Crippen molar-refractivity contribution in [3.63, 3.8) is 0 Å². The van der Waals surface area contributed by atoms with Gasteiger partial charge in [0.2, 0.25) is 0 Å². The second-order valence-electron chi connectivity index (χ2n) is 7.00. The van der Waals surface area contributed by atoms with E-state index in [1.165, 1.54) is 7.11 Å². The zero-order chi connectivity index (χ0) is 21.6. The van der Waals surface area contributed by atoms with Crippen molar-refractivity contribution in [3.05, 3.63) is 55.7 Å². The molecule has 0 saturated carbocycles. The number of aromatic nitrogens is 2. The Morgan fingerprint density at radius 2 is 1.83 bits per heavy atom. The van der Waals surface area contributed by atoms with Crippen LogP contribution in [-0.2, 0) is 11.3 Å². The Morgan fingerprint density at radius 3 is 2.45 bits per heavy atom. The highest BCUT2D eigenvalue weighted by Gasteiger charge is 2.20. The topological polar surface area (TPSA) is 120 Å². The number of nitrogens with one attached hydrogen (secondary N) is 1. The fraction of sp³-hybridized carbons (Fsp3) is 0.450. The molecule has 1 aromatic carbocycles. The van der Waals surface area contributed by atoms with E-state index in [9.17, 15) is 14.4 Å². The number of hydrogen-bond acceptors (Lipinski definition) is 7. The van der Waals surface area contributed by atoms with Crippen LogP contribution in [0.1, 0.15) is 21.5 Å². The van der Waals surface area contributed by atoms with Gasteiger partial charge in [-0.25, -0.2) is 4.79 Å². The molecule has 0 spiro atoms. The molecule has 2 rings (SSSR count). The molecule has 9 heteroatoms. The molecule has 0 atom stereocenters. The molecular formula is C20H28N4O5. The van der Waals surface area contributed by atoms with Gasteiger partial charge < -0.3 is 15.2 Å². The second kappa shape index (κ2) is 10.0. The largest absolute Gasteiger partial charge is 0.492 e. The SMILES string of the molecule is COCCn1c(N)c(C(=O)CN(C)CCOc2cc(C)cc(C)c2)c(=O)[nH]c1=O. The average Bonchev–Trinajstić information content (AvgIpc) is 2.60. The lowest BCUT2D eigenvalue weighted by atomic mass is 10.1. The van der Waals surface area contributed by atoms with Crippen molar-refractivity contribution < 1.29 is 14.3 Å². The number of H-pyrrole nitrogens is 1. The Labute approximate surface area is 169 Å². The predicted molar refractivity (Wildman–Crippen MR) is 111 cm³/mol. The van der Waals surface area contributed by atoms with Crippen molar-refractivity contribution >= 4 is 11.6 Å². The van der Waals surface area contributed by atoms with Gasteiger partial charge in [-0.1, -0.05) is 6.07 Å². The zero-order valence-corrected chi connectivity index (χ0v) is 17.3. The summed E-state index contributed by atoms with van der Waals surface area (Å²) in [5.74, 6) is 0.151. The molecule has 0 aliphatic heterocycles. The minimum atomic E-state index is -0.786. The number of carbonyl (C=O) groups excluding carboxylic acids is 1. The average molecular weight is 404 g/mol. The number of likely N-dealkylation sites (N-methyl/N-ethyl adjacent to an activating group) is 1. The van der Waals surface area contributed by atoms with Gasteiger partial charge in [0.25, 0.3) is 5.56 Å². The molecule has 1 heterocycles. The standard InChI is InChI=1S/C20H28N4O5/c1-13-9-14(2)11-15(10-13)29-8-5-23(3)12-16(25)17-18(21)24(6-7-28-4)20(27)22-19(17)26/h9-11H,5-8,12,21H2,1-4H3,(H,22,26,27). The van der Waals surface area contributed by atoms with Gasteiger partial charge in [-0.05, 0) is 44.2 Å². The number of benzene rings is 1. The summed E-state index contributed by atoms with van der Waals surface area (Å²) in [6, 6.07) is 5.95. The highest BCUT2D eigenvalue weighted by atomic mass is 16.5. The maximum Gasteiger partial charge on any atom is 0.330 e. The molecule has 0 amide bonds. The van der Waals surface area contributed by atoms with Crippen molar-refractivity contribution in [3.8, 4) is 5.75 Å². The van der Waals surface area contributed by atoms with E-state index in [0.717, 1.165) is 21.4 Å². The van der Waals surface area contributed by atoms with Crippen LogP contribution in [0.4, 0.5) is 5.82 Å². The Bertz CT molecular complexity index is 960. The van der Waals surface area contributed by atoms with Crippen LogP contribution in [0.5, 0.6) is 5.75 Å². The van der Waals surface area contributed by atoms with Crippen LogP contribution in [0.3, 0.4) is 0 Å². The van der Waals surface area contributed by atoms with Crippen molar-refractivity contribution in [2.24, 2.45) is 0 Å². The van der Waals surface area contributed by atoms with Gasteiger partial charge in [-0.15, -0.1) is 0 Å². The molecule has 2 aromatic rings. The monoisotopic (exact) mass is 404 g/mol. The normalized spacial score (nSPS) is 11.1. The number of nitrogens with two attached hydrogens (primary N) is 1. The number of aryl methyl sites for hydroxylation is 2. The minimum absolute atomic E-state index is 0.0357. The van der Waals surface area contributed by atoms with E-state index < -0.39 is 17.0 Å². The smallest absolute Gasteiger partial charge is 0.330 e. The number of nitrogen functional groups attached to an aromatic ring is 1. The van der Waals surface area contributed by atoms with Gasteiger partial charge in [-0.2, -0.15) is 0 Å². The van der Waals surface area contributed by atoms with Crippen molar-refractivity contribution in [2.45, 2.75) is 20.4 Å². The predicted octanol–water partition coefficient (Wildman–Crippen LogP) is 0.576. The second-order valence-corrected chi connectivity index (χ2v) is 7.00. The van der Waals surface area contributed by atoms with E-state index >= 15 is 0 Å². The van der Waals surface area contributed by atoms with Gasteiger partial charge in [0.05, 0.1) is 19.7 Å². The molecule has 0 aliphatic rings. The molecule has 0 fully saturated rings. The molecule has 158 valence electrons. The number of ketones is 1. The van der Waals surface area contributed by atoms with E-state index in [4.69, 9.17) is 15.2 Å². The summed E-state index contributed by atoms with van der Waals surface area (Å²) in [4.78, 5) is 40.5. The number of anilines is 1. The molecule has 0 saturated heterocycles. The van der Waals surface area contributed by atoms with Gasteiger partial charge >= 0.3 is 5.69 Å². The third-order valence-corrected chi connectivity index (χ3v) is 4.39. The Balaban J connectivity index is 2.02. The number of rotatable bonds is 10. The quantitative estimate of drug-likeness (QED) is 0.556. The molecule has 0 bridgehead atoms. The Morgan fingerprint density at radius 1 is 1.17 bits per heavy atom. The summed E-state index contributed by atoms with van der Waals surface area (Å²) in [5, 5.41) is 0. The first-order chi connectivity index (χ1) is 13.7.